The second-order valence-electron chi connectivity index (χ2n) is 6.35. The molecule has 0 aromatic carbocycles. The number of carbonyl (C=O) groups excluding carboxylic acids is 1. The first-order chi connectivity index (χ1) is 10.3. The fourth-order valence-corrected chi connectivity index (χ4v) is 3.22. The molecule has 7 heteroatoms. The first-order valence-corrected chi connectivity index (χ1v) is 7.59. The molecule has 0 N–H and O–H groups in total. The van der Waals surface area contributed by atoms with Crippen LogP contribution in [0.5, 0.6) is 5.75 Å². The first-order valence-electron chi connectivity index (χ1n) is 7.21. The summed E-state index contributed by atoms with van der Waals surface area (Å²) in [6.45, 7) is 2.85. The second-order valence-corrected chi connectivity index (χ2v) is 6.76. The number of aromatic nitrogens is 1. The summed E-state index contributed by atoms with van der Waals surface area (Å²) in [5, 5.41) is 0.386. The topological polar surface area (TPSA) is 42.4 Å². The molecule has 22 heavy (non-hydrogen) atoms. The van der Waals surface area contributed by atoms with Crippen LogP contribution in [0.15, 0.2) is 12.4 Å². The number of halogens is 3. The van der Waals surface area contributed by atoms with Crippen LogP contribution in [-0.2, 0) is 4.79 Å². The summed E-state index contributed by atoms with van der Waals surface area (Å²) < 4.78 is 32.3. The van der Waals surface area contributed by atoms with Crippen LogP contribution >= 0.6 is 11.6 Å². The standard InChI is InChI=1S/C15H17ClF2N2O2/c1-15(2,13(17)18)14(21)20-7-8-3-4-11(20)9-5-19-6-10(16)12(9)22-8/h5-6,8,11,13H,3-4,7H2,1-2H3/t8-,11-/m0/s1. The van der Waals surface area contributed by atoms with E-state index in [0.29, 0.717) is 29.3 Å². The Morgan fingerprint density at radius 3 is 2.86 bits per heavy atom. The van der Waals surface area contributed by atoms with Gasteiger partial charge < -0.3 is 9.64 Å². The van der Waals surface area contributed by atoms with Crippen molar-refractivity contribution in [1.29, 1.82) is 0 Å². The van der Waals surface area contributed by atoms with Crippen molar-refractivity contribution in [1.82, 2.24) is 9.88 Å². The molecule has 120 valence electrons. The minimum absolute atomic E-state index is 0.227. The van der Waals surface area contributed by atoms with Gasteiger partial charge in [-0.2, -0.15) is 0 Å². The molecule has 1 fully saturated rings. The van der Waals surface area contributed by atoms with Crippen LogP contribution in [0.4, 0.5) is 8.78 Å². The summed E-state index contributed by atoms with van der Waals surface area (Å²) in [7, 11) is 0. The molecule has 1 aromatic heterocycles. The normalized spacial score (nSPS) is 24.0. The Morgan fingerprint density at radius 1 is 1.45 bits per heavy atom. The number of rotatable bonds is 2. The Balaban J connectivity index is 2.01. The Kier molecular flexibility index (Phi) is 3.75. The highest BCUT2D eigenvalue weighted by Gasteiger charge is 2.47. The third-order valence-electron chi connectivity index (χ3n) is 4.42. The quantitative estimate of drug-likeness (QED) is 0.834. The number of nitrogens with zero attached hydrogens (tertiary/aromatic N) is 2. The highest BCUT2D eigenvalue weighted by Crippen LogP contribution is 2.45. The molecule has 4 nitrogen and oxygen atoms in total. The van der Waals surface area contributed by atoms with Gasteiger partial charge in [0.1, 0.15) is 22.3 Å². The lowest BCUT2D eigenvalue weighted by Crippen LogP contribution is -2.50. The summed E-state index contributed by atoms with van der Waals surface area (Å²) in [6.07, 6.45) is 1.56. The van der Waals surface area contributed by atoms with Crippen molar-refractivity contribution in [3.05, 3.63) is 23.0 Å². The minimum atomic E-state index is -2.72. The van der Waals surface area contributed by atoms with E-state index in [-0.39, 0.29) is 12.1 Å². The Labute approximate surface area is 132 Å². The monoisotopic (exact) mass is 330 g/mol. The van der Waals surface area contributed by atoms with Crippen molar-refractivity contribution in [3.8, 4) is 5.75 Å². The van der Waals surface area contributed by atoms with Gasteiger partial charge in [0.25, 0.3) is 6.43 Å². The molecule has 1 saturated heterocycles. The summed E-state index contributed by atoms with van der Waals surface area (Å²) in [5.41, 5.74) is -1.03. The largest absolute Gasteiger partial charge is 0.487 e. The van der Waals surface area contributed by atoms with Crippen molar-refractivity contribution >= 4 is 17.5 Å². The van der Waals surface area contributed by atoms with Crippen LogP contribution in [0.1, 0.15) is 38.3 Å². The van der Waals surface area contributed by atoms with Gasteiger partial charge in [0, 0.05) is 18.0 Å². The van der Waals surface area contributed by atoms with Crippen molar-refractivity contribution in [3.63, 3.8) is 0 Å². The summed E-state index contributed by atoms with van der Waals surface area (Å²) in [5.74, 6) is -0.0389. The van der Waals surface area contributed by atoms with Crippen molar-refractivity contribution in [2.24, 2.45) is 5.41 Å². The third kappa shape index (κ3) is 2.33. The Bertz CT molecular complexity index is 609. The lowest BCUT2D eigenvalue weighted by atomic mass is 9.88. The highest BCUT2D eigenvalue weighted by atomic mass is 35.5. The third-order valence-corrected chi connectivity index (χ3v) is 4.69. The zero-order chi connectivity index (χ0) is 16.1. The van der Waals surface area contributed by atoms with Crippen molar-refractivity contribution < 1.29 is 18.3 Å². The summed E-state index contributed by atoms with van der Waals surface area (Å²) >= 11 is 6.13. The molecule has 2 atom stereocenters. The molecule has 0 radical (unpaired) electrons. The number of alkyl halides is 2. The predicted molar refractivity (Wildman–Crippen MR) is 77.1 cm³/mol. The lowest BCUT2D eigenvalue weighted by molar-refractivity contribution is -0.154. The van der Waals surface area contributed by atoms with Crippen LogP contribution in [-0.4, -0.2) is 34.9 Å². The maximum Gasteiger partial charge on any atom is 0.252 e. The first kappa shape index (κ1) is 15.5. The van der Waals surface area contributed by atoms with E-state index in [1.54, 1.807) is 6.20 Å². The lowest BCUT2D eigenvalue weighted by Gasteiger charge is -2.39. The molecule has 0 unspecified atom stereocenters. The Morgan fingerprint density at radius 2 is 2.18 bits per heavy atom. The molecule has 1 amide bonds. The second kappa shape index (κ2) is 5.33. The molecule has 0 saturated carbocycles. The van der Waals surface area contributed by atoms with E-state index >= 15 is 0 Å². The van der Waals surface area contributed by atoms with Gasteiger partial charge in [-0.05, 0) is 26.7 Å². The number of hydrogen-bond acceptors (Lipinski definition) is 3. The minimum Gasteiger partial charge on any atom is -0.487 e. The number of amides is 1. The molecule has 3 aliphatic rings. The molecule has 4 heterocycles. The predicted octanol–water partition coefficient (Wildman–Crippen LogP) is 3.45. The van der Waals surface area contributed by atoms with Gasteiger partial charge in [0.15, 0.2) is 0 Å². The van der Waals surface area contributed by atoms with Gasteiger partial charge in [0.05, 0.1) is 12.6 Å². The van der Waals surface area contributed by atoms with Gasteiger partial charge in [-0.3, -0.25) is 9.78 Å². The molecule has 4 rings (SSSR count). The van der Waals surface area contributed by atoms with E-state index in [1.165, 1.54) is 24.9 Å². The fraction of sp³-hybridized carbons (Fsp3) is 0.600. The average molecular weight is 331 g/mol. The molecule has 0 spiro atoms. The number of piperidine rings is 1. The van der Waals surface area contributed by atoms with E-state index in [2.05, 4.69) is 4.98 Å². The van der Waals surface area contributed by atoms with Gasteiger partial charge >= 0.3 is 0 Å². The van der Waals surface area contributed by atoms with E-state index in [0.717, 1.165) is 6.42 Å². The van der Waals surface area contributed by atoms with Crippen LogP contribution in [0, 0.1) is 5.41 Å². The van der Waals surface area contributed by atoms with Gasteiger partial charge in [-0.1, -0.05) is 11.6 Å². The fourth-order valence-electron chi connectivity index (χ4n) is 3.01. The van der Waals surface area contributed by atoms with E-state index in [1.807, 2.05) is 0 Å². The molecule has 3 aliphatic heterocycles. The highest BCUT2D eigenvalue weighted by molar-refractivity contribution is 6.32. The summed E-state index contributed by atoms with van der Waals surface area (Å²) in [4.78, 5) is 18.2. The van der Waals surface area contributed by atoms with Crippen LogP contribution in [0.2, 0.25) is 5.02 Å². The zero-order valence-corrected chi connectivity index (χ0v) is 13.1. The smallest absolute Gasteiger partial charge is 0.252 e. The number of ether oxygens (including phenoxy) is 1. The van der Waals surface area contributed by atoms with E-state index < -0.39 is 17.7 Å². The average Bonchev–Trinajstić information content (AvgIpc) is 2.75. The zero-order valence-electron chi connectivity index (χ0n) is 12.4. The maximum absolute atomic E-state index is 13.2. The van der Waals surface area contributed by atoms with Crippen LogP contribution in [0.3, 0.4) is 0 Å². The number of fused-ring (bicyclic) bond motifs is 2. The number of hydrogen-bond donors (Lipinski definition) is 0. The van der Waals surface area contributed by atoms with Crippen LogP contribution in [0.25, 0.3) is 0 Å². The van der Waals surface area contributed by atoms with E-state index in [9.17, 15) is 13.6 Å². The van der Waals surface area contributed by atoms with Crippen molar-refractivity contribution in [2.45, 2.75) is 45.3 Å². The van der Waals surface area contributed by atoms with E-state index in [4.69, 9.17) is 16.3 Å². The molecular weight excluding hydrogens is 314 g/mol. The SMILES string of the molecule is CC(C)(C(=O)N1C[C@@H]2CC[C@H]1c1cncc(Cl)c1O2)C(F)F. The summed E-state index contributed by atoms with van der Waals surface area (Å²) in [6, 6.07) is -0.314. The maximum atomic E-state index is 13.2. The van der Waals surface area contributed by atoms with Gasteiger partial charge in [-0.15, -0.1) is 0 Å². The molecule has 1 aromatic rings. The van der Waals surface area contributed by atoms with Gasteiger partial charge in [0.2, 0.25) is 5.91 Å². The van der Waals surface area contributed by atoms with Gasteiger partial charge in [-0.25, -0.2) is 8.78 Å². The molecule has 2 bridgehead atoms. The Hall–Kier alpha value is -1.43. The van der Waals surface area contributed by atoms with Crippen molar-refractivity contribution in [2.75, 3.05) is 6.54 Å². The van der Waals surface area contributed by atoms with Crippen LogP contribution < -0.4 is 4.74 Å². The molecule has 0 aliphatic carbocycles. The molecular formula is C15H17ClF2N2O2. The number of pyridine rings is 1. The number of carbonyl (C=O) groups is 1.